The fourth-order valence-electron chi connectivity index (χ4n) is 2.41. The minimum atomic E-state index is -0.380. The van der Waals surface area contributed by atoms with E-state index in [9.17, 15) is 4.79 Å². The van der Waals surface area contributed by atoms with Gasteiger partial charge in [-0.15, -0.1) is 11.8 Å². The summed E-state index contributed by atoms with van der Waals surface area (Å²) >= 11 is 7.30. The molecule has 6 nitrogen and oxygen atoms in total. The van der Waals surface area contributed by atoms with Crippen molar-refractivity contribution >= 4 is 40.0 Å². The zero-order chi connectivity index (χ0) is 19.7. The van der Waals surface area contributed by atoms with Crippen LogP contribution in [-0.2, 0) is 4.79 Å². The van der Waals surface area contributed by atoms with Gasteiger partial charge in [0.1, 0.15) is 10.8 Å². The molecule has 0 aromatic heterocycles. The van der Waals surface area contributed by atoms with Crippen LogP contribution in [0, 0.1) is 17.7 Å². The summed E-state index contributed by atoms with van der Waals surface area (Å²) in [5.41, 5.74) is 13.4. The molecular formula is C18H26ClN5OS. The van der Waals surface area contributed by atoms with E-state index in [1.807, 2.05) is 25.1 Å². The van der Waals surface area contributed by atoms with Crippen LogP contribution in [0.3, 0.4) is 0 Å². The van der Waals surface area contributed by atoms with Gasteiger partial charge in [-0.05, 0) is 55.7 Å². The highest BCUT2D eigenvalue weighted by Crippen LogP contribution is 2.27. The van der Waals surface area contributed by atoms with Crippen molar-refractivity contribution in [2.45, 2.75) is 25.7 Å². The number of benzene rings is 1. The van der Waals surface area contributed by atoms with E-state index >= 15 is 0 Å². The largest absolute Gasteiger partial charge is 0.397 e. The van der Waals surface area contributed by atoms with Gasteiger partial charge in [-0.25, -0.2) is 0 Å². The standard InChI is InChI=1S/C18H26ClN5OS/c1-11-3-4-13(9-14(11)19)12(5-7-20)6-8-24-16(25)10-15(21)17(22)18(23)26-2/h3-4,9-10,12,22-23H,5-8,20-21H2,1-2H3,(H,24,25)/b15-10+,22-17?,23-18?. The van der Waals surface area contributed by atoms with E-state index in [2.05, 4.69) is 5.32 Å². The maximum Gasteiger partial charge on any atom is 0.246 e. The van der Waals surface area contributed by atoms with Crippen molar-refractivity contribution in [3.8, 4) is 0 Å². The van der Waals surface area contributed by atoms with Gasteiger partial charge in [0, 0.05) is 17.6 Å². The summed E-state index contributed by atoms with van der Waals surface area (Å²) in [6, 6.07) is 5.97. The predicted molar refractivity (Wildman–Crippen MR) is 111 cm³/mol. The number of rotatable bonds is 9. The lowest BCUT2D eigenvalue weighted by Crippen LogP contribution is -2.27. The van der Waals surface area contributed by atoms with Crippen LogP contribution in [0.5, 0.6) is 0 Å². The number of aryl methyl sites for hydroxylation is 1. The highest BCUT2D eigenvalue weighted by Gasteiger charge is 2.13. The predicted octanol–water partition coefficient (Wildman–Crippen LogP) is 2.79. The van der Waals surface area contributed by atoms with E-state index in [4.69, 9.17) is 33.9 Å². The SMILES string of the molecule is CSC(=N)C(=N)/C(N)=C\C(=O)NCCC(CCN)c1ccc(C)c(Cl)c1. The number of hydrogen-bond donors (Lipinski definition) is 5. The Hall–Kier alpha value is -1.83. The molecule has 1 atom stereocenters. The molecule has 0 spiro atoms. The second-order valence-electron chi connectivity index (χ2n) is 5.87. The van der Waals surface area contributed by atoms with Crippen molar-refractivity contribution in [3.05, 3.63) is 46.1 Å². The highest BCUT2D eigenvalue weighted by molar-refractivity contribution is 8.15. The molecular weight excluding hydrogens is 370 g/mol. The van der Waals surface area contributed by atoms with Crippen molar-refractivity contribution in [2.75, 3.05) is 19.3 Å². The first kappa shape index (κ1) is 22.2. The van der Waals surface area contributed by atoms with Crippen molar-refractivity contribution in [1.82, 2.24) is 5.32 Å². The van der Waals surface area contributed by atoms with Crippen LogP contribution >= 0.6 is 23.4 Å². The molecule has 0 radical (unpaired) electrons. The second kappa shape index (κ2) is 11.0. The molecule has 0 aliphatic heterocycles. The van der Waals surface area contributed by atoms with Crippen LogP contribution in [0.15, 0.2) is 30.0 Å². The van der Waals surface area contributed by atoms with E-state index in [-0.39, 0.29) is 28.3 Å². The molecule has 142 valence electrons. The summed E-state index contributed by atoms with van der Waals surface area (Å²) < 4.78 is 0. The molecule has 1 amide bonds. The molecule has 0 saturated carbocycles. The number of amides is 1. The molecule has 0 fully saturated rings. The Balaban J connectivity index is 2.64. The van der Waals surface area contributed by atoms with Gasteiger partial charge in [0.25, 0.3) is 0 Å². The third kappa shape index (κ3) is 6.82. The highest BCUT2D eigenvalue weighted by atomic mass is 35.5. The Kier molecular flexibility index (Phi) is 9.40. The van der Waals surface area contributed by atoms with Gasteiger partial charge < -0.3 is 16.8 Å². The van der Waals surface area contributed by atoms with Gasteiger partial charge in [0.2, 0.25) is 5.91 Å². The zero-order valence-corrected chi connectivity index (χ0v) is 16.6. The van der Waals surface area contributed by atoms with Gasteiger partial charge in [0.15, 0.2) is 0 Å². The summed E-state index contributed by atoms with van der Waals surface area (Å²) in [6.07, 6.45) is 4.34. The number of allylic oxidation sites excluding steroid dienone is 1. The summed E-state index contributed by atoms with van der Waals surface area (Å²) in [5, 5.41) is 18.8. The van der Waals surface area contributed by atoms with Gasteiger partial charge in [-0.1, -0.05) is 23.7 Å². The number of carbonyl (C=O) groups is 1. The Labute approximate surface area is 163 Å². The van der Waals surface area contributed by atoms with Crippen molar-refractivity contribution < 1.29 is 4.79 Å². The van der Waals surface area contributed by atoms with Crippen molar-refractivity contribution in [2.24, 2.45) is 11.5 Å². The Bertz CT molecular complexity index is 705. The zero-order valence-electron chi connectivity index (χ0n) is 15.1. The maximum atomic E-state index is 12.0. The third-order valence-corrected chi connectivity index (χ3v) is 5.00. The number of halogens is 1. The van der Waals surface area contributed by atoms with Crippen LogP contribution in [0.2, 0.25) is 5.02 Å². The van der Waals surface area contributed by atoms with Gasteiger partial charge in [0.05, 0.1) is 5.70 Å². The normalized spacial score (nSPS) is 12.5. The lowest BCUT2D eigenvalue weighted by molar-refractivity contribution is -0.116. The fraction of sp³-hybridized carbons (Fsp3) is 0.389. The van der Waals surface area contributed by atoms with Crippen LogP contribution in [0.4, 0.5) is 0 Å². The Morgan fingerprint density at radius 3 is 2.65 bits per heavy atom. The number of hydrogen-bond acceptors (Lipinski definition) is 6. The van der Waals surface area contributed by atoms with Gasteiger partial charge >= 0.3 is 0 Å². The molecule has 0 bridgehead atoms. The van der Waals surface area contributed by atoms with Crippen molar-refractivity contribution in [3.63, 3.8) is 0 Å². The molecule has 0 heterocycles. The molecule has 1 aromatic carbocycles. The van der Waals surface area contributed by atoms with E-state index in [1.54, 1.807) is 6.26 Å². The third-order valence-electron chi connectivity index (χ3n) is 3.98. The average molecular weight is 396 g/mol. The molecule has 0 saturated heterocycles. The molecule has 7 N–H and O–H groups in total. The first-order valence-corrected chi connectivity index (χ1v) is 9.83. The van der Waals surface area contributed by atoms with E-state index in [0.29, 0.717) is 19.5 Å². The minimum Gasteiger partial charge on any atom is -0.397 e. The molecule has 1 aromatic rings. The molecule has 0 aliphatic carbocycles. The lowest BCUT2D eigenvalue weighted by atomic mass is 9.92. The van der Waals surface area contributed by atoms with Gasteiger partial charge in [-0.3, -0.25) is 15.6 Å². The van der Waals surface area contributed by atoms with Gasteiger partial charge in [-0.2, -0.15) is 0 Å². The summed E-state index contributed by atoms with van der Waals surface area (Å²) in [4.78, 5) is 12.0. The summed E-state index contributed by atoms with van der Waals surface area (Å²) in [6.45, 7) is 2.95. The quantitative estimate of drug-likeness (QED) is 0.250. The topological polar surface area (TPSA) is 129 Å². The first-order chi connectivity index (χ1) is 12.3. The fourth-order valence-corrected chi connectivity index (χ4v) is 2.92. The molecule has 26 heavy (non-hydrogen) atoms. The van der Waals surface area contributed by atoms with Crippen LogP contribution < -0.4 is 16.8 Å². The average Bonchev–Trinajstić information content (AvgIpc) is 2.61. The van der Waals surface area contributed by atoms with Crippen molar-refractivity contribution in [1.29, 1.82) is 10.8 Å². The minimum absolute atomic E-state index is 0.0193. The Morgan fingerprint density at radius 2 is 2.08 bits per heavy atom. The first-order valence-electron chi connectivity index (χ1n) is 8.23. The van der Waals surface area contributed by atoms with E-state index < -0.39 is 0 Å². The van der Waals surface area contributed by atoms with Crippen LogP contribution in [0.1, 0.15) is 29.9 Å². The monoisotopic (exact) mass is 395 g/mol. The number of nitrogens with one attached hydrogen (secondary N) is 3. The molecule has 8 heteroatoms. The van der Waals surface area contributed by atoms with Crippen LogP contribution in [-0.4, -0.2) is 36.0 Å². The number of thioether (sulfide) groups is 1. The lowest BCUT2D eigenvalue weighted by Gasteiger charge is -2.17. The summed E-state index contributed by atoms with van der Waals surface area (Å²) in [5.74, 6) is -0.183. The van der Waals surface area contributed by atoms with E-state index in [1.165, 1.54) is 0 Å². The number of nitrogens with two attached hydrogens (primary N) is 2. The Morgan fingerprint density at radius 1 is 1.38 bits per heavy atom. The second-order valence-corrected chi connectivity index (χ2v) is 7.09. The molecule has 1 unspecified atom stereocenters. The summed E-state index contributed by atoms with van der Waals surface area (Å²) in [7, 11) is 0. The molecule has 0 aliphatic rings. The maximum absolute atomic E-state index is 12.0. The van der Waals surface area contributed by atoms with E-state index in [0.717, 1.165) is 40.4 Å². The molecule has 1 rings (SSSR count). The smallest absolute Gasteiger partial charge is 0.246 e. The number of carbonyl (C=O) groups excluding carboxylic acids is 1. The van der Waals surface area contributed by atoms with Crippen LogP contribution in [0.25, 0.3) is 0 Å².